The SMILES string of the molecule is COc1cc([C@@H]2CC(=O)c3c(O)cc(O)cc3O2)ccc1O[C@@H]1O[C@H](CO)[C@@H](O)[C@H](O)[C@H]1O[C@@H]1OC[C@](O)(CO)[C@H]1O. The number of methoxy groups -OCH3 is 1. The van der Waals surface area contributed by atoms with E-state index in [0.29, 0.717) is 5.56 Å². The van der Waals surface area contributed by atoms with Crippen LogP contribution in [0.2, 0.25) is 0 Å². The highest BCUT2D eigenvalue weighted by Crippen LogP contribution is 2.43. The molecule has 2 fully saturated rings. The summed E-state index contributed by atoms with van der Waals surface area (Å²) in [7, 11) is 1.34. The Hall–Kier alpha value is -3.25. The third-order valence-electron chi connectivity index (χ3n) is 7.48. The fraction of sp³-hybridized carbons (Fsp3) is 0.519. The zero-order chi connectivity index (χ0) is 30.3. The van der Waals surface area contributed by atoms with Gasteiger partial charge in [-0.2, -0.15) is 0 Å². The van der Waals surface area contributed by atoms with Crippen molar-refractivity contribution in [2.45, 2.75) is 61.2 Å². The van der Waals surface area contributed by atoms with Gasteiger partial charge in [0.05, 0.1) is 33.4 Å². The van der Waals surface area contributed by atoms with Crippen LogP contribution in [0.15, 0.2) is 30.3 Å². The molecule has 0 aliphatic carbocycles. The number of hydrogen-bond donors (Lipinski definition) is 8. The van der Waals surface area contributed by atoms with Crippen molar-refractivity contribution in [2.75, 3.05) is 26.9 Å². The molecule has 0 aromatic heterocycles. The third kappa shape index (κ3) is 5.46. The van der Waals surface area contributed by atoms with Gasteiger partial charge in [-0.1, -0.05) is 6.07 Å². The van der Waals surface area contributed by atoms with E-state index in [9.17, 15) is 45.6 Å². The lowest BCUT2D eigenvalue weighted by molar-refractivity contribution is -0.319. The van der Waals surface area contributed by atoms with Crippen LogP contribution in [0, 0.1) is 0 Å². The first-order valence-electron chi connectivity index (χ1n) is 13.0. The second kappa shape index (κ2) is 11.8. The number of aliphatic hydroxyl groups is 6. The summed E-state index contributed by atoms with van der Waals surface area (Å²) in [6.45, 7) is -1.99. The Morgan fingerprint density at radius 3 is 2.45 bits per heavy atom. The van der Waals surface area contributed by atoms with Gasteiger partial charge in [-0.05, 0) is 17.7 Å². The lowest BCUT2D eigenvalue weighted by Gasteiger charge is -2.42. The van der Waals surface area contributed by atoms with Crippen molar-refractivity contribution in [1.29, 1.82) is 0 Å². The molecule has 0 bridgehead atoms. The first kappa shape index (κ1) is 30.2. The number of ketones is 1. The summed E-state index contributed by atoms with van der Waals surface area (Å²) >= 11 is 0. The second-order valence-corrected chi connectivity index (χ2v) is 10.3. The normalized spacial score (nSPS) is 34.5. The topological polar surface area (TPSA) is 234 Å². The van der Waals surface area contributed by atoms with E-state index in [1.165, 1.54) is 25.3 Å². The molecule has 5 rings (SSSR count). The molecule has 0 saturated carbocycles. The number of phenols is 2. The van der Waals surface area contributed by atoms with Gasteiger partial charge in [0.1, 0.15) is 58.9 Å². The standard InChI is InChI=1S/C27H32O15/c1-37-17-4-11(16-7-14(32)20-13(31)5-12(30)6-18(20)39-16)2-3-15(17)40-25-23(22(34)21(33)19(8-28)41-25)42-26-24(35)27(36,9-29)10-38-26/h2-6,16,19,21-26,28-31,33-36H,7-10H2,1H3/t16-,19+,21+,22-,23+,24-,25+,26-,27+/m0/s1. The molecule has 230 valence electrons. The van der Waals surface area contributed by atoms with Crippen LogP contribution < -0.4 is 14.2 Å². The minimum absolute atomic E-state index is 0.00986. The van der Waals surface area contributed by atoms with E-state index in [2.05, 4.69) is 0 Å². The molecule has 2 aromatic carbocycles. The highest BCUT2D eigenvalue weighted by atomic mass is 16.8. The van der Waals surface area contributed by atoms with Gasteiger partial charge in [0.25, 0.3) is 0 Å². The number of carbonyl (C=O) groups is 1. The molecule has 2 aromatic rings. The predicted octanol–water partition coefficient (Wildman–Crippen LogP) is -1.54. The van der Waals surface area contributed by atoms with Crippen molar-refractivity contribution >= 4 is 5.78 Å². The molecule has 0 amide bonds. The fourth-order valence-electron chi connectivity index (χ4n) is 5.08. The Balaban J connectivity index is 1.38. The minimum Gasteiger partial charge on any atom is -0.508 e. The largest absolute Gasteiger partial charge is 0.508 e. The number of aliphatic hydroxyl groups excluding tert-OH is 5. The molecule has 15 heteroatoms. The van der Waals surface area contributed by atoms with E-state index >= 15 is 0 Å². The van der Waals surface area contributed by atoms with Gasteiger partial charge in [0.15, 0.2) is 29.7 Å². The maximum absolute atomic E-state index is 12.7. The highest BCUT2D eigenvalue weighted by molar-refractivity contribution is 6.02. The van der Waals surface area contributed by atoms with Gasteiger partial charge in [-0.3, -0.25) is 4.79 Å². The Morgan fingerprint density at radius 1 is 1.02 bits per heavy atom. The molecule has 0 radical (unpaired) electrons. The van der Waals surface area contributed by atoms with Crippen molar-refractivity contribution in [3.63, 3.8) is 0 Å². The second-order valence-electron chi connectivity index (χ2n) is 10.3. The van der Waals surface area contributed by atoms with Crippen LogP contribution in [-0.4, -0.2) is 122 Å². The maximum atomic E-state index is 12.7. The van der Waals surface area contributed by atoms with Crippen molar-refractivity contribution in [3.8, 4) is 28.7 Å². The molecular weight excluding hydrogens is 564 g/mol. The quantitative estimate of drug-likeness (QED) is 0.172. The number of aromatic hydroxyl groups is 2. The smallest absolute Gasteiger partial charge is 0.229 e. The predicted molar refractivity (Wildman–Crippen MR) is 136 cm³/mol. The molecule has 0 unspecified atom stereocenters. The van der Waals surface area contributed by atoms with Crippen LogP contribution in [-0.2, 0) is 14.2 Å². The van der Waals surface area contributed by atoms with Crippen LogP contribution in [0.1, 0.15) is 28.4 Å². The van der Waals surface area contributed by atoms with E-state index in [0.717, 1.165) is 6.07 Å². The fourth-order valence-corrected chi connectivity index (χ4v) is 5.08. The van der Waals surface area contributed by atoms with Crippen molar-refractivity contribution in [2.24, 2.45) is 0 Å². The molecule has 15 nitrogen and oxygen atoms in total. The third-order valence-corrected chi connectivity index (χ3v) is 7.48. The van der Waals surface area contributed by atoms with Gasteiger partial charge >= 0.3 is 0 Å². The molecule has 2 saturated heterocycles. The highest BCUT2D eigenvalue weighted by Gasteiger charge is 2.53. The molecule has 3 aliphatic rings. The van der Waals surface area contributed by atoms with Crippen LogP contribution in [0.3, 0.4) is 0 Å². The Bertz CT molecular complexity index is 1300. The molecule has 42 heavy (non-hydrogen) atoms. The summed E-state index contributed by atoms with van der Waals surface area (Å²) < 4.78 is 33.8. The zero-order valence-electron chi connectivity index (χ0n) is 22.3. The number of rotatable bonds is 8. The summed E-state index contributed by atoms with van der Waals surface area (Å²) in [6.07, 6.45) is -11.8. The van der Waals surface area contributed by atoms with Gasteiger partial charge in [-0.25, -0.2) is 0 Å². The van der Waals surface area contributed by atoms with Gasteiger partial charge in [0, 0.05) is 12.1 Å². The van der Waals surface area contributed by atoms with E-state index in [-0.39, 0.29) is 35.0 Å². The van der Waals surface area contributed by atoms with Crippen LogP contribution >= 0.6 is 0 Å². The zero-order valence-corrected chi connectivity index (χ0v) is 22.3. The van der Waals surface area contributed by atoms with Crippen molar-refractivity contribution in [1.82, 2.24) is 0 Å². The number of benzene rings is 2. The average Bonchev–Trinajstić information content (AvgIpc) is 3.25. The monoisotopic (exact) mass is 596 g/mol. The van der Waals surface area contributed by atoms with Crippen molar-refractivity contribution in [3.05, 3.63) is 41.5 Å². The number of fused-ring (bicyclic) bond motifs is 1. The van der Waals surface area contributed by atoms with Gasteiger partial charge in [-0.15, -0.1) is 0 Å². The lowest BCUT2D eigenvalue weighted by atomic mass is 9.95. The minimum atomic E-state index is -2.02. The Morgan fingerprint density at radius 2 is 1.79 bits per heavy atom. The average molecular weight is 597 g/mol. The van der Waals surface area contributed by atoms with Gasteiger partial charge in [0.2, 0.25) is 6.29 Å². The molecule has 3 heterocycles. The Kier molecular flexibility index (Phi) is 8.48. The lowest BCUT2D eigenvalue weighted by Crippen LogP contribution is -2.62. The molecular formula is C27H32O15. The van der Waals surface area contributed by atoms with E-state index < -0.39 is 86.2 Å². The number of phenolic OH excluding ortho intramolecular Hbond substituents is 2. The number of ether oxygens (including phenoxy) is 6. The molecule has 3 aliphatic heterocycles. The summed E-state index contributed by atoms with van der Waals surface area (Å²) in [5, 5.41) is 80.9. The van der Waals surface area contributed by atoms with Crippen LogP contribution in [0.25, 0.3) is 0 Å². The summed E-state index contributed by atoms with van der Waals surface area (Å²) in [5.41, 5.74) is -1.58. The van der Waals surface area contributed by atoms with Crippen LogP contribution in [0.5, 0.6) is 28.7 Å². The number of Topliss-reactive ketones (excluding diaryl/α,β-unsaturated/α-hetero) is 1. The molecule has 0 spiro atoms. The summed E-state index contributed by atoms with van der Waals surface area (Å²) in [5.74, 6) is -0.892. The summed E-state index contributed by atoms with van der Waals surface area (Å²) in [6, 6.07) is 6.79. The van der Waals surface area contributed by atoms with E-state index in [1.807, 2.05) is 0 Å². The maximum Gasteiger partial charge on any atom is 0.229 e. The van der Waals surface area contributed by atoms with E-state index in [4.69, 9.17) is 28.4 Å². The van der Waals surface area contributed by atoms with E-state index in [1.54, 1.807) is 6.07 Å². The first-order chi connectivity index (χ1) is 20.0. The number of hydrogen-bond acceptors (Lipinski definition) is 15. The van der Waals surface area contributed by atoms with Crippen molar-refractivity contribution < 1.29 is 74.1 Å². The Labute approximate surface area is 238 Å². The summed E-state index contributed by atoms with van der Waals surface area (Å²) in [4.78, 5) is 12.7. The van der Waals surface area contributed by atoms with Crippen LogP contribution in [0.4, 0.5) is 0 Å². The van der Waals surface area contributed by atoms with Gasteiger partial charge < -0.3 is 69.3 Å². The first-order valence-corrected chi connectivity index (χ1v) is 13.0. The molecule has 9 atom stereocenters. The number of carbonyl (C=O) groups excluding carboxylic acids is 1. The molecule has 8 N–H and O–H groups in total.